The fraction of sp³-hybridized carbons (Fsp3) is 0.143. The second-order valence-electron chi connectivity index (χ2n) is 6.20. The molecule has 1 amide bonds. The highest BCUT2D eigenvalue weighted by Gasteiger charge is 2.26. The van der Waals surface area contributed by atoms with Crippen molar-refractivity contribution in [2.75, 3.05) is 13.2 Å². The molecule has 0 spiro atoms. The van der Waals surface area contributed by atoms with Gasteiger partial charge in [0.15, 0.2) is 0 Å². The van der Waals surface area contributed by atoms with Crippen molar-refractivity contribution in [1.29, 1.82) is 0 Å². The number of carbonyl (C=O) groups excluding carboxylic acids is 1. The Hall–Kier alpha value is -3.05. The van der Waals surface area contributed by atoms with Crippen LogP contribution in [0.15, 0.2) is 77.9 Å². The van der Waals surface area contributed by atoms with E-state index in [4.69, 9.17) is 0 Å². The van der Waals surface area contributed by atoms with Crippen LogP contribution in [0.1, 0.15) is 15.9 Å². The Morgan fingerprint density at radius 1 is 1.12 bits per heavy atom. The van der Waals surface area contributed by atoms with E-state index in [0.29, 0.717) is 12.2 Å². The number of allylic oxidation sites excluding steroid dienone is 2. The summed E-state index contributed by atoms with van der Waals surface area (Å²) >= 11 is 0. The van der Waals surface area contributed by atoms with Gasteiger partial charge < -0.3 is 0 Å². The van der Waals surface area contributed by atoms with Crippen molar-refractivity contribution >= 4 is 17.3 Å². The second-order valence-corrected chi connectivity index (χ2v) is 6.20. The zero-order valence-electron chi connectivity index (χ0n) is 14.1. The Labute approximate surface area is 151 Å². The molecule has 0 saturated carbocycles. The number of aliphatic imine (C=N–C) groups is 1. The molecule has 2 heterocycles. The molecule has 130 valence electrons. The van der Waals surface area contributed by atoms with Gasteiger partial charge in [-0.3, -0.25) is 20.0 Å². The van der Waals surface area contributed by atoms with E-state index in [2.05, 4.69) is 10.3 Å². The van der Waals surface area contributed by atoms with Crippen LogP contribution in [0.25, 0.3) is 5.70 Å². The van der Waals surface area contributed by atoms with Crippen LogP contribution in [0.3, 0.4) is 0 Å². The van der Waals surface area contributed by atoms with E-state index in [1.807, 2.05) is 30.4 Å². The van der Waals surface area contributed by atoms with Gasteiger partial charge in [-0.15, -0.1) is 0 Å². The summed E-state index contributed by atoms with van der Waals surface area (Å²) in [6.07, 6.45) is 5.78. The lowest BCUT2D eigenvalue weighted by molar-refractivity contribution is 0.0877. The molecular weight excluding hydrogens is 329 g/mol. The molecule has 0 fully saturated rings. The third kappa shape index (κ3) is 3.21. The molecule has 2 aliphatic rings. The number of amides is 1. The van der Waals surface area contributed by atoms with Crippen LogP contribution in [0.2, 0.25) is 0 Å². The summed E-state index contributed by atoms with van der Waals surface area (Å²) in [6, 6.07) is 15.3. The summed E-state index contributed by atoms with van der Waals surface area (Å²) in [5.74, 6) is -0.408. The molecule has 5 heteroatoms. The van der Waals surface area contributed by atoms with Crippen molar-refractivity contribution < 1.29 is 9.18 Å². The molecule has 26 heavy (non-hydrogen) atoms. The summed E-state index contributed by atoms with van der Waals surface area (Å²) in [7, 11) is 0. The maximum Gasteiger partial charge on any atom is 0.262 e. The molecule has 4 nitrogen and oxygen atoms in total. The molecule has 0 aromatic heterocycles. The van der Waals surface area contributed by atoms with Crippen molar-refractivity contribution in [1.82, 2.24) is 10.2 Å². The predicted molar refractivity (Wildman–Crippen MR) is 99.9 cm³/mol. The smallest absolute Gasteiger partial charge is 0.262 e. The minimum absolute atomic E-state index is 0.0184. The van der Waals surface area contributed by atoms with Crippen LogP contribution < -0.4 is 5.32 Å². The number of halogens is 1. The topological polar surface area (TPSA) is 44.7 Å². The van der Waals surface area contributed by atoms with Gasteiger partial charge in [-0.2, -0.15) is 0 Å². The van der Waals surface area contributed by atoms with Crippen LogP contribution >= 0.6 is 0 Å². The minimum atomic E-state index is -0.303. The Morgan fingerprint density at radius 3 is 2.58 bits per heavy atom. The Morgan fingerprint density at radius 2 is 1.88 bits per heavy atom. The van der Waals surface area contributed by atoms with Crippen LogP contribution in [0, 0.1) is 11.7 Å². The van der Waals surface area contributed by atoms with E-state index in [9.17, 15) is 9.18 Å². The molecule has 0 aliphatic carbocycles. The Balaban J connectivity index is 1.73. The summed E-state index contributed by atoms with van der Waals surface area (Å²) < 4.78 is 13.4. The molecular formula is C21H18FN3O. The van der Waals surface area contributed by atoms with Gasteiger partial charge in [-0.05, 0) is 48.0 Å². The van der Waals surface area contributed by atoms with Crippen LogP contribution in [0.5, 0.6) is 0 Å². The number of nitrogens with one attached hydrogen (secondary N) is 1. The summed E-state index contributed by atoms with van der Waals surface area (Å²) in [6.45, 7) is 1.35. The highest BCUT2D eigenvalue weighted by molar-refractivity contribution is 6.02. The largest absolute Gasteiger partial charge is 0.293 e. The lowest BCUT2D eigenvalue weighted by Crippen LogP contribution is -2.29. The number of hydrogen-bond acceptors (Lipinski definition) is 3. The van der Waals surface area contributed by atoms with E-state index in [1.165, 1.54) is 12.1 Å². The molecule has 4 rings (SSSR count). The molecule has 2 aliphatic heterocycles. The van der Waals surface area contributed by atoms with E-state index < -0.39 is 0 Å². The highest BCUT2D eigenvalue weighted by atomic mass is 19.1. The molecule has 1 atom stereocenters. The normalized spacial score (nSPS) is 19.3. The van der Waals surface area contributed by atoms with Crippen LogP contribution in [-0.2, 0) is 0 Å². The molecule has 0 bridgehead atoms. The summed E-state index contributed by atoms with van der Waals surface area (Å²) in [5, 5.41) is 3.19. The number of benzene rings is 2. The van der Waals surface area contributed by atoms with Gasteiger partial charge in [0.2, 0.25) is 0 Å². The van der Waals surface area contributed by atoms with Crippen molar-refractivity contribution in [3.8, 4) is 0 Å². The van der Waals surface area contributed by atoms with Gasteiger partial charge in [0, 0.05) is 29.9 Å². The summed E-state index contributed by atoms with van der Waals surface area (Å²) in [4.78, 5) is 19.1. The SMILES string of the molecule is O=C(c1ccccc1)N1C=CC(C2=NCNC2)C=C1c1ccc(F)cc1. The van der Waals surface area contributed by atoms with Gasteiger partial charge >= 0.3 is 0 Å². The van der Waals surface area contributed by atoms with Crippen molar-refractivity contribution in [3.63, 3.8) is 0 Å². The Bertz CT molecular complexity index is 901. The van der Waals surface area contributed by atoms with Gasteiger partial charge in [0.25, 0.3) is 5.91 Å². The van der Waals surface area contributed by atoms with Crippen molar-refractivity contribution in [2.45, 2.75) is 0 Å². The van der Waals surface area contributed by atoms with Crippen molar-refractivity contribution in [2.24, 2.45) is 10.9 Å². The van der Waals surface area contributed by atoms with E-state index in [0.717, 1.165) is 23.5 Å². The first-order valence-electron chi connectivity index (χ1n) is 8.51. The average Bonchev–Trinajstić information content (AvgIpc) is 3.23. The zero-order valence-corrected chi connectivity index (χ0v) is 14.1. The Kier molecular flexibility index (Phi) is 4.46. The molecule has 1 unspecified atom stereocenters. The van der Waals surface area contributed by atoms with Crippen molar-refractivity contribution in [3.05, 3.63) is 89.9 Å². The maximum atomic E-state index is 13.4. The third-order valence-electron chi connectivity index (χ3n) is 4.50. The molecule has 0 radical (unpaired) electrons. The van der Waals surface area contributed by atoms with Gasteiger partial charge in [-0.1, -0.05) is 24.3 Å². The zero-order chi connectivity index (χ0) is 17.9. The lowest BCUT2D eigenvalue weighted by Gasteiger charge is -2.28. The van der Waals surface area contributed by atoms with Crippen LogP contribution in [0.4, 0.5) is 4.39 Å². The highest BCUT2D eigenvalue weighted by Crippen LogP contribution is 2.29. The first kappa shape index (κ1) is 16.4. The lowest BCUT2D eigenvalue weighted by atomic mass is 9.95. The van der Waals surface area contributed by atoms with Crippen LogP contribution in [-0.4, -0.2) is 29.7 Å². The van der Waals surface area contributed by atoms with Gasteiger partial charge in [-0.25, -0.2) is 4.39 Å². The number of hydrogen-bond donors (Lipinski definition) is 1. The first-order chi connectivity index (χ1) is 12.7. The molecule has 0 saturated heterocycles. The summed E-state index contributed by atoms with van der Waals surface area (Å²) in [5.41, 5.74) is 3.16. The maximum absolute atomic E-state index is 13.4. The van der Waals surface area contributed by atoms with E-state index >= 15 is 0 Å². The first-order valence-corrected chi connectivity index (χ1v) is 8.51. The quantitative estimate of drug-likeness (QED) is 0.924. The number of carbonyl (C=O) groups is 1. The fourth-order valence-corrected chi connectivity index (χ4v) is 3.15. The predicted octanol–water partition coefficient (Wildman–Crippen LogP) is 3.45. The molecule has 1 N–H and O–H groups in total. The second kappa shape index (κ2) is 7.06. The monoisotopic (exact) mass is 347 g/mol. The fourth-order valence-electron chi connectivity index (χ4n) is 3.15. The molecule has 2 aromatic rings. The third-order valence-corrected chi connectivity index (χ3v) is 4.50. The van der Waals surface area contributed by atoms with Gasteiger partial charge in [0.1, 0.15) is 5.82 Å². The molecule has 2 aromatic carbocycles. The number of nitrogens with zero attached hydrogens (tertiary/aromatic N) is 2. The minimum Gasteiger partial charge on any atom is -0.293 e. The standard InChI is InChI=1S/C21H18FN3O/c22-18-8-6-15(7-9-18)20-12-17(19-13-23-14-24-19)10-11-25(20)21(26)16-4-2-1-3-5-16/h1-12,17,23H,13-14H2. The number of rotatable bonds is 3. The van der Waals surface area contributed by atoms with Gasteiger partial charge in [0.05, 0.1) is 12.4 Å². The van der Waals surface area contributed by atoms with E-state index in [1.54, 1.807) is 35.4 Å². The van der Waals surface area contributed by atoms with E-state index in [-0.39, 0.29) is 17.6 Å². The average molecular weight is 347 g/mol.